The van der Waals surface area contributed by atoms with Crippen molar-refractivity contribution in [2.24, 2.45) is 0 Å². The number of aryl methyl sites for hydroxylation is 2. The fourth-order valence-corrected chi connectivity index (χ4v) is 2.35. The molecule has 100 valence electrons. The van der Waals surface area contributed by atoms with Gasteiger partial charge in [0.05, 0.1) is 5.60 Å². The topological polar surface area (TPSA) is 47.0 Å². The van der Waals surface area contributed by atoms with Crippen molar-refractivity contribution >= 4 is 5.82 Å². The van der Waals surface area contributed by atoms with Crippen molar-refractivity contribution in [3.8, 4) is 0 Å². The van der Waals surface area contributed by atoms with E-state index < -0.39 is 0 Å². The van der Waals surface area contributed by atoms with Gasteiger partial charge in [0, 0.05) is 24.9 Å². The Balaban J connectivity index is 2.05. The molecule has 2 rings (SSSR count). The van der Waals surface area contributed by atoms with Gasteiger partial charge in [0.2, 0.25) is 0 Å². The summed E-state index contributed by atoms with van der Waals surface area (Å²) in [6.45, 7) is 7.96. The number of nitrogens with one attached hydrogen (secondary N) is 1. The first kappa shape index (κ1) is 13.3. The second-order valence-corrected chi connectivity index (χ2v) is 5.30. The highest BCUT2D eigenvalue weighted by Crippen LogP contribution is 2.25. The molecule has 1 aliphatic rings. The number of nitrogens with zero attached hydrogens (tertiary/aromatic N) is 2. The summed E-state index contributed by atoms with van der Waals surface area (Å²) < 4.78 is 5.79. The number of rotatable bonds is 5. The van der Waals surface area contributed by atoms with Crippen LogP contribution in [0.25, 0.3) is 0 Å². The minimum Gasteiger partial charge on any atom is -0.373 e. The third kappa shape index (κ3) is 3.19. The zero-order valence-corrected chi connectivity index (χ0v) is 11.6. The van der Waals surface area contributed by atoms with Gasteiger partial charge in [-0.05, 0) is 33.1 Å². The molecule has 1 N–H and O–H groups in total. The van der Waals surface area contributed by atoms with Crippen LogP contribution >= 0.6 is 0 Å². The van der Waals surface area contributed by atoms with Gasteiger partial charge in [-0.15, -0.1) is 0 Å². The maximum atomic E-state index is 5.79. The SMILES string of the molecule is CCCc1cnc(C)nc1NC[C@@]1(C)CCCO1. The first-order chi connectivity index (χ1) is 8.63. The number of hydrogen-bond donors (Lipinski definition) is 1. The van der Waals surface area contributed by atoms with E-state index in [1.807, 2.05) is 13.1 Å². The molecule has 1 fully saturated rings. The molecule has 0 unspecified atom stereocenters. The van der Waals surface area contributed by atoms with Gasteiger partial charge < -0.3 is 10.1 Å². The van der Waals surface area contributed by atoms with Crippen LogP contribution < -0.4 is 5.32 Å². The maximum absolute atomic E-state index is 5.79. The normalized spacial score (nSPS) is 23.3. The van der Waals surface area contributed by atoms with E-state index in [9.17, 15) is 0 Å². The maximum Gasteiger partial charge on any atom is 0.132 e. The van der Waals surface area contributed by atoms with Crippen LogP contribution in [0.3, 0.4) is 0 Å². The lowest BCUT2D eigenvalue weighted by atomic mass is 10.0. The molecule has 0 radical (unpaired) electrons. The largest absolute Gasteiger partial charge is 0.373 e. The van der Waals surface area contributed by atoms with Gasteiger partial charge in [0.1, 0.15) is 11.6 Å². The number of anilines is 1. The lowest BCUT2D eigenvalue weighted by Gasteiger charge is -2.24. The first-order valence-electron chi connectivity index (χ1n) is 6.83. The van der Waals surface area contributed by atoms with E-state index in [-0.39, 0.29) is 5.60 Å². The van der Waals surface area contributed by atoms with E-state index in [1.54, 1.807) is 0 Å². The monoisotopic (exact) mass is 249 g/mol. The van der Waals surface area contributed by atoms with Crippen LogP contribution in [-0.4, -0.2) is 28.7 Å². The predicted molar refractivity (Wildman–Crippen MR) is 72.8 cm³/mol. The molecule has 18 heavy (non-hydrogen) atoms. The minimum atomic E-state index is -0.0393. The molecule has 0 spiro atoms. The molecule has 0 amide bonds. The van der Waals surface area contributed by atoms with Crippen LogP contribution in [0.1, 0.15) is 44.5 Å². The fourth-order valence-electron chi connectivity index (χ4n) is 2.35. The summed E-state index contributed by atoms with van der Waals surface area (Å²) in [6, 6.07) is 0. The van der Waals surface area contributed by atoms with Crippen LogP contribution in [0.15, 0.2) is 6.20 Å². The molecule has 0 aliphatic carbocycles. The van der Waals surface area contributed by atoms with Crippen LogP contribution in [-0.2, 0) is 11.2 Å². The smallest absolute Gasteiger partial charge is 0.132 e. The van der Waals surface area contributed by atoms with Gasteiger partial charge in [-0.3, -0.25) is 0 Å². The van der Waals surface area contributed by atoms with Crippen molar-refractivity contribution in [3.63, 3.8) is 0 Å². The highest BCUT2D eigenvalue weighted by Gasteiger charge is 2.29. The van der Waals surface area contributed by atoms with Crippen LogP contribution in [0.4, 0.5) is 5.82 Å². The Hall–Kier alpha value is -1.16. The van der Waals surface area contributed by atoms with Gasteiger partial charge in [0.25, 0.3) is 0 Å². The molecule has 1 atom stereocenters. The van der Waals surface area contributed by atoms with Crippen molar-refractivity contribution in [2.75, 3.05) is 18.5 Å². The van der Waals surface area contributed by atoms with Crippen molar-refractivity contribution < 1.29 is 4.74 Å². The Morgan fingerprint density at radius 1 is 1.50 bits per heavy atom. The lowest BCUT2D eigenvalue weighted by Crippen LogP contribution is -2.33. The molecule has 4 nitrogen and oxygen atoms in total. The zero-order valence-electron chi connectivity index (χ0n) is 11.6. The molecule has 1 aliphatic heterocycles. The zero-order chi connectivity index (χ0) is 13.0. The average Bonchev–Trinajstić information content (AvgIpc) is 2.77. The lowest BCUT2D eigenvalue weighted by molar-refractivity contribution is 0.0314. The Morgan fingerprint density at radius 3 is 3.00 bits per heavy atom. The third-order valence-electron chi connectivity index (χ3n) is 3.43. The van der Waals surface area contributed by atoms with Crippen LogP contribution in [0.5, 0.6) is 0 Å². The van der Waals surface area contributed by atoms with Gasteiger partial charge in [-0.2, -0.15) is 0 Å². The van der Waals surface area contributed by atoms with E-state index in [2.05, 4.69) is 29.1 Å². The molecular weight excluding hydrogens is 226 g/mol. The Morgan fingerprint density at radius 2 is 2.33 bits per heavy atom. The van der Waals surface area contributed by atoms with Crippen molar-refractivity contribution in [3.05, 3.63) is 17.6 Å². The fraction of sp³-hybridized carbons (Fsp3) is 0.714. The van der Waals surface area contributed by atoms with Crippen molar-refractivity contribution in [1.82, 2.24) is 9.97 Å². The number of hydrogen-bond acceptors (Lipinski definition) is 4. The van der Waals surface area contributed by atoms with Crippen molar-refractivity contribution in [1.29, 1.82) is 0 Å². The van der Waals surface area contributed by atoms with Gasteiger partial charge >= 0.3 is 0 Å². The summed E-state index contributed by atoms with van der Waals surface area (Å²) in [5.74, 6) is 1.79. The Kier molecular flexibility index (Phi) is 4.17. The first-order valence-corrected chi connectivity index (χ1v) is 6.83. The summed E-state index contributed by atoms with van der Waals surface area (Å²) in [5, 5.41) is 3.45. The number of aromatic nitrogens is 2. The number of ether oxygens (including phenoxy) is 1. The Labute approximate surface area is 109 Å². The molecule has 0 saturated carbocycles. The van der Waals surface area contributed by atoms with Gasteiger partial charge in [0.15, 0.2) is 0 Å². The highest BCUT2D eigenvalue weighted by atomic mass is 16.5. The molecule has 1 saturated heterocycles. The Bertz CT molecular complexity index is 400. The predicted octanol–water partition coefficient (Wildman–Crippen LogP) is 2.72. The molecule has 1 aromatic heterocycles. The van der Waals surface area contributed by atoms with Crippen LogP contribution in [0.2, 0.25) is 0 Å². The minimum absolute atomic E-state index is 0.0393. The standard InChI is InChI=1S/C14H23N3O/c1-4-6-12-9-15-11(2)17-13(12)16-10-14(3)7-5-8-18-14/h9H,4-8,10H2,1-3H3,(H,15,16,17)/t14-/m1/s1. The summed E-state index contributed by atoms with van der Waals surface area (Å²) in [4.78, 5) is 8.78. The van der Waals surface area contributed by atoms with Gasteiger partial charge in [-0.1, -0.05) is 13.3 Å². The van der Waals surface area contributed by atoms with Crippen molar-refractivity contribution in [2.45, 2.75) is 52.1 Å². The molecule has 4 heteroatoms. The molecule has 0 aromatic carbocycles. The molecular formula is C14H23N3O. The van der Waals surface area contributed by atoms with E-state index in [0.29, 0.717) is 0 Å². The van der Waals surface area contributed by atoms with E-state index in [4.69, 9.17) is 4.74 Å². The second kappa shape index (κ2) is 5.65. The highest BCUT2D eigenvalue weighted by molar-refractivity contribution is 5.43. The van der Waals surface area contributed by atoms with Gasteiger partial charge in [-0.25, -0.2) is 9.97 Å². The quantitative estimate of drug-likeness (QED) is 0.871. The summed E-state index contributed by atoms with van der Waals surface area (Å²) in [7, 11) is 0. The summed E-state index contributed by atoms with van der Waals surface area (Å²) in [5.41, 5.74) is 1.16. The van der Waals surface area contributed by atoms with E-state index in [0.717, 1.165) is 50.5 Å². The summed E-state index contributed by atoms with van der Waals surface area (Å²) >= 11 is 0. The molecule has 2 heterocycles. The van der Waals surface area contributed by atoms with Crippen LogP contribution in [0, 0.1) is 6.92 Å². The van der Waals surface area contributed by atoms with E-state index >= 15 is 0 Å². The third-order valence-corrected chi connectivity index (χ3v) is 3.43. The average molecular weight is 249 g/mol. The molecule has 0 bridgehead atoms. The molecule has 1 aromatic rings. The summed E-state index contributed by atoms with van der Waals surface area (Å²) in [6.07, 6.45) is 6.33. The second-order valence-electron chi connectivity index (χ2n) is 5.30. The van der Waals surface area contributed by atoms with E-state index in [1.165, 1.54) is 5.56 Å².